The van der Waals surface area contributed by atoms with E-state index in [-0.39, 0.29) is 27.7 Å². The third-order valence-electron chi connectivity index (χ3n) is 4.34. The van der Waals surface area contributed by atoms with Gasteiger partial charge in [0.05, 0.1) is 11.1 Å². The van der Waals surface area contributed by atoms with Crippen LogP contribution in [0.5, 0.6) is 11.5 Å². The first-order valence-electron chi connectivity index (χ1n) is 8.74. The highest BCUT2D eigenvalue weighted by molar-refractivity contribution is 6.02. The highest BCUT2D eigenvalue weighted by Gasteiger charge is 2.24. The van der Waals surface area contributed by atoms with Crippen LogP contribution in [0.15, 0.2) is 36.4 Å². The average Bonchev–Trinajstić information content (AvgIpc) is 2.52. The molecule has 0 radical (unpaired) electrons. The van der Waals surface area contributed by atoms with E-state index in [1.807, 2.05) is 12.1 Å². The minimum absolute atomic E-state index is 0.0755. The van der Waals surface area contributed by atoms with Gasteiger partial charge in [-0.1, -0.05) is 53.7 Å². The van der Waals surface area contributed by atoms with Gasteiger partial charge in [0.1, 0.15) is 11.5 Å². The quantitative estimate of drug-likeness (QED) is 0.745. The Morgan fingerprint density at radius 1 is 0.778 bits per heavy atom. The number of aromatic carboxylic acids is 2. The molecule has 27 heavy (non-hydrogen) atoms. The normalized spacial score (nSPS) is 11.9. The van der Waals surface area contributed by atoms with Gasteiger partial charge in [0, 0.05) is 5.56 Å². The second kappa shape index (κ2) is 7.06. The Labute approximate surface area is 159 Å². The Kier molecular flexibility index (Phi) is 5.36. The van der Waals surface area contributed by atoms with Gasteiger partial charge in [-0.3, -0.25) is 0 Å². The summed E-state index contributed by atoms with van der Waals surface area (Å²) in [6, 6.07) is 10.1. The summed E-state index contributed by atoms with van der Waals surface area (Å²) in [4.78, 5) is 22.7. The Balaban J connectivity index is 2.57. The number of carbonyl (C=O) groups is 2. The van der Waals surface area contributed by atoms with Crippen LogP contribution >= 0.6 is 0 Å². The first-order chi connectivity index (χ1) is 12.3. The zero-order valence-electron chi connectivity index (χ0n) is 16.6. The molecule has 0 aliphatic heterocycles. The van der Waals surface area contributed by atoms with E-state index < -0.39 is 11.9 Å². The highest BCUT2D eigenvalue weighted by Crippen LogP contribution is 2.38. The summed E-state index contributed by atoms with van der Waals surface area (Å²) < 4.78 is 6.04. The maximum Gasteiger partial charge on any atom is 0.336 e. The first-order valence-corrected chi connectivity index (χ1v) is 8.74. The van der Waals surface area contributed by atoms with Crippen molar-refractivity contribution in [2.24, 2.45) is 0 Å². The number of rotatable bonds is 4. The van der Waals surface area contributed by atoms with E-state index in [1.54, 1.807) is 0 Å². The standard InChI is InChI=1S/C22H26O5/c1-21(2,3)13-7-10-17(22(4,5)6)18(11-13)27-14-8-9-15(19(23)24)16(12-14)20(25)26/h7-12H,1-6H3,(H,23,24)(H,25,26). The van der Waals surface area contributed by atoms with Crippen LogP contribution in [0.3, 0.4) is 0 Å². The number of hydrogen-bond donors (Lipinski definition) is 2. The lowest BCUT2D eigenvalue weighted by Gasteiger charge is -2.26. The fourth-order valence-electron chi connectivity index (χ4n) is 2.77. The van der Waals surface area contributed by atoms with Gasteiger partial charge in [-0.2, -0.15) is 0 Å². The minimum atomic E-state index is -1.31. The molecule has 144 valence electrons. The molecule has 0 saturated heterocycles. The van der Waals surface area contributed by atoms with Crippen molar-refractivity contribution >= 4 is 11.9 Å². The van der Waals surface area contributed by atoms with Crippen molar-refractivity contribution in [1.82, 2.24) is 0 Å². The number of carboxylic acids is 2. The molecular weight excluding hydrogens is 344 g/mol. The second-order valence-corrected chi connectivity index (χ2v) is 8.63. The molecular formula is C22H26O5. The summed E-state index contributed by atoms with van der Waals surface area (Å²) in [5, 5.41) is 18.5. The van der Waals surface area contributed by atoms with Crippen molar-refractivity contribution < 1.29 is 24.5 Å². The molecule has 0 amide bonds. The van der Waals surface area contributed by atoms with Crippen molar-refractivity contribution in [1.29, 1.82) is 0 Å². The molecule has 0 saturated carbocycles. The van der Waals surface area contributed by atoms with E-state index >= 15 is 0 Å². The lowest BCUT2D eigenvalue weighted by atomic mass is 9.81. The van der Waals surface area contributed by atoms with Crippen molar-refractivity contribution in [2.75, 3.05) is 0 Å². The van der Waals surface area contributed by atoms with Crippen LogP contribution in [0, 0.1) is 0 Å². The Hall–Kier alpha value is -2.82. The zero-order chi connectivity index (χ0) is 20.6. The van der Waals surface area contributed by atoms with Gasteiger partial charge in [-0.25, -0.2) is 9.59 Å². The van der Waals surface area contributed by atoms with Gasteiger partial charge in [-0.05, 0) is 40.7 Å². The van der Waals surface area contributed by atoms with Crippen molar-refractivity contribution in [2.45, 2.75) is 52.4 Å². The molecule has 2 N–H and O–H groups in total. The second-order valence-electron chi connectivity index (χ2n) is 8.63. The van der Waals surface area contributed by atoms with Crippen molar-refractivity contribution in [3.63, 3.8) is 0 Å². The maximum atomic E-state index is 11.4. The third-order valence-corrected chi connectivity index (χ3v) is 4.34. The molecule has 0 bridgehead atoms. The van der Waals surface area contributed by atoms with Crippen LogP contribution < -0.4 is 4.74 Å². The molecule has 5 heteroatoms. The maximum absolute atomic E-state index is 11.4. The molecule has 0 fully saturated rings. The van der Waals surface area contributed by atoms with Crippen molar-refractivity contribution in [3.8, 4) is 11.5 Å². The topological polar surface area (TPSA) is 83.8 Å². The van der Waals surface area contributed by atoms with E-state index in [2.05, 4.69) is 47.6 Å². The van der Waals surface area contributed by atoms with Crippen LogP contribution in [0.2, 0.25) is 0 Å². The molecule has 0 aliphatic rings. The van der Waals surface area contributed by atoms with Gasteiger partial charge < -0.3 is 14.9 Å². The smallest absolute Gasteiger partial charge is 0.336 e. The number of hydrogen-bond acceptors (Lipinski definition) is 3. The average molecular weight is 370 g/mol. The molecule has 2 aromatic rings. The Morgan fingerprint density at radius 3 is 1.85 bits per heavy atom. The van der Waals surface area contributed by atoms with Crippen LogP contribution in [0.4, 0.5) is 0 Å². The zero-order valence-corrected chi connectivity index (χ0v) is 16.6. The van der Waals surface area contributed by atoms with Crippen LogP contribution in [-0.4, -0.2) is 22.2 Å². The Morgan fingerprint density at radius 2 is 1.37 bits per heavy atom. The predicted octanol–water partition coefficient (Wildman–Crippen LogP) is 5.47. The summed E-state index contributed by atoms with van der Waals surface area (Å²) in [6.07, 6.45) is 0. The van der Waals surface area contributed by atoms with Gasteiger partial charge in [0.15, 0.2) is 0 Å². The SMILES string of the molecule is CC(C)(C)c1ccc(C(C)(C)C)c(Oc2ccc(C(=O)O)c(C(=O)O)c2)c1. The van der Waals surface area contributed by atoms with Gasteiger partial charge in [-0.15, -0.1) is 0 Å². The lowest BCUT2D eigenvalue weighted by molar-refractivity contribution is 0.0651. The number of carboxylic acid groups (broad SMARTS) is 2. The Bertz CT molecular complexity index is 883. The highest BCUT2D eigenvalue weighted by atomic mass is 16.5. The minimum Gasteiger partial charge on any atom is -0.478 e. The van der Waals surface area contributed by atoms with Crippen LogP contribution in [-0.2, 0) is 10.8 Å². The largest absolute Gasteiger partial charge is 0.478 e. The fourth-order valence-corrected chi connectivity index (χ4v) is 2.77. The molecule has 0 atom stereocenters. The molecule has 0 unspecified atom stereocenters. The van der Waals surface area contributed by atoms with Gasteiger partial charge in [0.2, 0.25) is 0 Å². The van der Waals surface area contributed by atoms with E-state index in [9.17, 15) is 14.7 Å². The molecule has 0 spiro atoms. The van der Waals surface area contributed by atoms with Crippen LogP contribution in [0.1, 0.15) is 73.4 Å². The summed E-state index contributed by atoms with van der Waals surface area (Å²) in [5.41, 5.74) is 1.25. The van der Waals surface area contributed by atoms with Crippen molar-refractivity contribution in [3.05, 3.63) is 58.7 Å². The predicted molar refractivity (Wildman–Crippen MR) is 104 cm³/mol. The third kappa shape index (κ3) is 4.67. The number of ether oxygens (including phenoxy) is 1. The summed E-state index contributed by atoms with van der Waals surface area (Å²) >= 11 is 0. The molecule has 0 heterocycles. The molecule has 0 aromatic heterocycles. The fraction of sp³-hybridized carbons (Fsp3) is 0.364. The summed E-state index contributed by atoms with van der Waals surface area (Å²) in [5.74, 6) is -1.68. The van der Waals surface area contributed by atoms with E-state index in [1.165, 1.54) is 18.2 Å². The first kappa shape index (κ1) is 20.5. The van der Waals surface area contributed by atoms with E-state index in [0.717, 1.165) is 11.1 Å². The van der Waals surface area contributed by atoms with E-state index in [0.29, 0.717) is 5.75 Å². The summed E-state index contributed by atoms with van der Waals surface area (Å²) in [7, 11) is 0. The molecule has 2 aromatic carbocycles. The van der Waals surface area contributed by atoms with Gasteiger partial charge >= 0.3 is 11.9 Å². The monoisotopic (exact) mass is 370 g/mol. The summed E-state index contributed by atoms with van der Waals surface area (Å²) in [6.45, 7) is 12.5. The van der Waals surface area contributed by atoms with Gasteiger partial charge in [0.25, 0.3) is 0 Å². The molecule has 5 nitrogen and oxygen atoms in total. The molecule has 0 aliphatic carbocycles. The van der Waals surface area contributed by atoms with Crippen LogP contribution in [0.25, 0.3) is 0 Å². The number of benzene rings is 2. The van der Waals surface area contributed by atoms with E-state index in [4.69, 9.17) is 9.84 Å². The lowest BCUT2D eigenvalue weighted by Crippen LogP contribution is -2.16. The molecule has 2 rings (SSSR count).